The van der Waals surface area contributed by atoms with Gasteiger partial charge in [-0.1, -0.05) is 30.3 Å². The van der Waals surface area contributed by atoms with E-state index in [1.807, 2.05) is 30.3 Å². The molecule has 1 aromatic rings. The van der Waals surface area contributed by atoms with Crippen molar-refractivity contribution in [1.82, 2.24) is 10.2 Å². The highest BCUT2D eigenvalue weighted by atomic mass is 35.5. The van der Waals surface area contributed by atoms with Crippen LogP contribution in [0.15, 0.2) is 30.3 Å². The van der Waals surface area contributed by atoms with E-state index < -0.39 is 0 Å². The second kappa shape index (κ2) is 8.66. The van der Waals surface area contributed by atoms with Crippen molar-refractivity contribution in [2.45, 2.75) is 25.7 Å². The molecule has 0 spiro atoms. The van der Waals surface area contributed by atoms with Crippen molar-refractivity contribution in [3.05, 3.63) is 35.9 Å². The molecule has 0 atom stereocenters. The molecular weight excluding hydrogens is 296 g/mol. The number of ketones is 1. The summed E-state index contributed by atoms with van der Waals surface area (Å²) in [6.07, 6.45) is 4.67. The predicted molar refractivity (Wildman–Crippen MR) is 92.8 cm³/mol. The van der Waals surface area contributed by atoms with Crippen molar-refractivity contribution in [3.8, 4) is 0 Å². The van der Waals surface area contributed by atoms with Crippen molar-refractivity contribution in [2.24, 2.45) is 11.8 Å². The van der Waals surface area contributed by atoms with Gasteiger partial charge in [0, 0.05) is 18.0 Å². The lowest BCUT2D eigenvalue weighted by Crippen LogP contribution is -2.41. The Balaban J connectivity index is 0.00000176. The van der Waals surface area contributed by atoms with Crippen molar-refractivity contribution in [2.75, 3.05) is 32.7 Å². The zero-order chi connectivity index (χ0) is 14.5. The van der Waals surface area contributed by atoms with Gasteiger partial charge in [-0.3, -0.25) is 4.79 Å². The van der Waals surface area contributed by atoms with E-state index in [-0.39, 0.29) is 18.3 Å². The highest BCUT2D eigenvalue weighted by Crippen LogP contribution is 2.23. The minimum absolute atomic E-state index is 0. The number of nitrogens with zero attached hydrogens (tertiary/aromatic N) is 1. The van der Waals surface area contributed by atoms with Crippen LogP contribution in [0.5, 0.6) is 0 Å². The number of rotatable bonds is 4. The molecule has 0 bridgehead atoms. The molecule has 4 heteroatoms. The van der Waals surface area contributed by atoms with Crippen LogP contribution in [0, 0.1) is 11.8 Å². The Labute approximate surface area is 139 Å². The first-order valence-electron chi connectivity index (χ1n) is 8.35. The third-order valence-electron chi connectivity index (χ3n) is 4.99. The quantitative estimate of drug-likeness (QED) is 0.865. The van der Waals surface area contributed by atoms with Gasteiger partial charge in [0.15, 0.2) is 5.78 Å². The lowest BCUT2D eigenvalue weighted by molar-refractivity contribution is 0.0819. The van der Waals surface area contributed by atoms with E-state index in [0.717, 1.165) is 37.4 Å². The van der Waals surface area contributed by atoms with E-state index in [0.29, 0.717) is 5.78 Å². The molecule has 0 unspecified atom stereocenters. The molecule has 0 saturated carbocycles. The molecule has 0 aromatic heterocycles. The van der Waals surface area contributed by atoms with E-state index in [9.17, 15) is 4.79 Å². The van der Waals surface area contributed by atoms with Gasteiger partial charge in [0.05, 0.1) is 0 Å². The van der Waals surface area contributed by atoms with Gasteiger partial charge in [0.2, 0.25) is 0 Å². The minimum atomic E-state index is 0. The minimum Gasteiger partial charge on any atom is -0.317 e. The summed E-state index contributed by atoms with van der Waals surface area (Å²) in [4.78, 5) is 15.0. The van der Waals surface area contributed by atoms with Gasteiger partial charge in [-0.2, -0.15) is 0 Å². The second-order valence-corrected chi connectivity index (χ2v) is 6.50. The first-order valence-corrected chi connectivity index (χ1v) is 8.35. The van der Waals surface area contributed by atoms with E-state index in [1.165, 1.54) is 32.5 Å². The summed E-state index contributed by atoms with van der Waals surface area (Å²) < 4.78 is 0. The number of hydrogen-bond donors (Lipinski definition) is 1. The van der Waals surface area contributed by atoms with E-state index in [4.69, 9.17) is 0 Å². The molecule has 3 rings (SSSR count). The molecule has 0 amide bonds. The maximum atomic E-state index is 12.5. The van der Waals surface area contributed by atoms with Crippen molar-refractivity contribution < 1.29 is 4.79 Å². The Morgan fingerprint density at radius 3 is 2.32 bits per heavy atom. The zero-order valence-electron chi connectivity index (χ0n) is 13.2. The summed E-state index contributed by atoms with van der Waals surface area (Å²) in [6.45, 7) is 5.76. The van der Waals surface area contributed by atoms with Crippen LogP contribution in [-0.4, -0.2) is 43.4 Å². The van der Waals surface area contributed by atoms with Crippen molar-refractivity contribution >= 4 is 18.2 Å². The molecule has 122 valence electrons. The Bertz CT molecular complexity index is 451. The van der Waals surface area contributed by atoms with Gasteiger partial charge in [-0.25, -0.2) is 0 Å². The van der Waals surface area contributed by atoms with Crippen LogP contribution >= 0.6 is 12.4 Å². The van der Waals surface area contributed by atoms with Crippen LogP contribution in [-0.2, 0) is 0 Å². The summed E-state index contributed by atoms with van der Waals surface area (Å²) in [5, 5.41) is 3.43. The lowest BCUT2D eigenvalue weighted by atomic mass is 9.88. The standard InChI is InChI=1S/C18H26N2O.ClH/c21-18(16-4-2-1-3-5-16)17-8-12-20(13-9-17)14-15-6-10-19-11-7-15;/h1-5,15,17,19H,6-14H2;1H. The first-order chi connectivity index (χ1) is 10.3. The third-order valence-corrected chi connectivity index (χ3v) is 4.99. The fourth-order valence-corrected chi connectivity index (χ4v) is 3.65. The van der Waals surface area contributed by atoms with E-state index in [1.54, 1.807) is 0 Å². The molecule has 2 heterocycles. The number of halogens is 1. The Kier molecular flexibility index (Phi) is 6.87. The maximum absolute atomic E-state index is 12.5. The number of hydrogen-bond acceptors (Lipinski definition) is 3. The van der Waals surface area contributed by atoms with Gasteiger partial charge in [0.1, 0.15) is 0 Å². The number of piperidine rings is 2. The third kappa shape index (κ3) is 4.55. The van der Waals surface area contributed by atoms with Crippen LogP contribution in [0.2, 0.25) is 0 Å². The van der Waals surface area contributed by atoms with Crippen molar-refractivity contribution in [3.63, 3.8) is 0 Å². The summed E-state index contributed by atoms with van der Waals surface area (Å²) in [6, 6.07) is 9.78. The molecule has 0 radical (unpaired) electrons. The van der Waals surface area contributed by atoms with Crippen LogP contribution < -0.4 is 5.32 Å². The van der Waals surface area contributed by atoms with Crippen LogP contribution in [0.25, 0.3) is 0 Å². The van der Waals surface area contributed by atoms with Gasteiger partial charge in [0.25, 0.3) is 0 Å². The summed E-state index contributed by atoms with van der Waals surface area (Å²) in [7, 11) is 0. The highest BCUT2D eigenvalue weighted by Gasteiger charge is 2.27. The number of carbonyl (C=O) groups is 1. The normalized spacial score (nSPS) is 21.3. The zero-order valence-corrected chi connectivity index (χ0v) is 14.0. The van der Waals surface area contributed by atoms with E-state index in [2.05, 4.69) is 10.2 Å². The molecular formula is C18H27ClN2O. The van der Waals surface area contributed by atoms with E-state index >= 15 is 0 Å². The van der Waals surface area contributed by atoms with Gasteiger partial charge in [-0.15, -0.1) is 12.4 Å². The molecule has 3 nitrogen and oxygen atoms in total. The monoisotopic (exact) mass is 322 g/mol. The molecule has 2 aliphatic heterocycles. The first kappa shape index (κ1) is 17.5. The number of Topliss-reactive ketones (excluding diaryl/α,β-unsaturated/α-hetero) is 1. The lowest BCUT2D eigenvalue weighted by Gasteiger charge is -2.35. The fourth-order valence-electron chi connectivity index (χ4n) is 3.65. The fraction of sp³-hybridized carbons (Fsp3) is 0.611. The number of nitrogens with one attached hydrogen (secondary N) is 1. The van der Waals surface area contributed by atoms with Gasteiger partial charge >= 0.3 is 0 Å². The largest absolute Gasteiger partial charge is 0.317 e. The van der Waals surface area contributed by atoms with Crippen LogP contribution in [0.1, 0.15) is 36.0 Å². The Morgan fingerprint density at radius 1 is 1.05 bits per heavy atom. The van der Waals surface area contributed by atoms with Crippen LogP contribution in [0.4, 0.5) is 0 Å². The average molecular weight is 323 g/mol. The molecule has 2 saturated heterocycles. The summed E-state index contributed by atoms with van der Waals surface area (Å²) in [5.74, 6) is 1.43. The molecule has 22 heavy (non-hydrogen) atoms. The summed E-state index contributed by atoms with van der Waals surface area (Å²) in [5.41, 5.74) is 0.884. The molecule has 2 aliphatic rings. The number of carbonyl (C=O) groups excluding carboxylic acids is 1. The summed E-state index contributed by atoms with van der Waals surface area (Å²) >= 11 is 0. The molecule has 0 aliphatic carbocycles. The predicted octanol–water partition coefficient (Wildman–Crippen LogP) is 3.00. The average Bonchev–Trinajstić information content (AvgIpc) is 2.57. The SMILES string of the molecule is Cl.O=C(c1ccccc1)C1CCN(CC2CCNCC2)CC1. The Morgan fingerprint density at radius 2 is 1.68 bits per heavy atom. The molecule has 2 fully saturated rings. The number of benzene rings is 1. The number of likely N-dealkylation sites (tertiary alicyclic amines) is 1. The second-order valence-electron chi connectivity index (χ2n) is 6.50. The maximum Gasteiger partial charge on any atom is 0.166 e. The topological polar surface area (TPSA) is 32.3 Å². The molecule has 1 N–H and O–H groups in total. The van der Waals surface area contributed by atoms with Crippen molar-refractivity contribution in [1.29, 1.82) is 0 Å². The molecule has 1 aromatic carbocycles. The smallest absolute Gasteiger partial charge is 0.166 e. The van der Waals surface area contributed by atoms with Gasteiger partial charge < -0.3 is 10.2 Å². The van der Waals surface area contributed by atoms with Gasteiger partial charge in [-0.05, 0) is 57.8 Å². The van der Waals surface area contributed by atoms with Crippen LogP contribution in [0.3, 0.4) is 0 Å². The highest BCUT2D eigenvalue weighted by molar-refractivity contribution is 5.97. The Hall–Kier alpha value is -0.900.